The van der Waals surface area contributed by atoms with E-state index in [1.807, 2.05) is 0 Å². The third-order valence-corrected chi connectivity index (χ3v) is 6.02. The molecular formula is C22H20O7. The van der Waals surface area contributed by atoms with Gasteiger partial charge in [-0.05, 0) is 25.3 Å². The van der Waals surface area contributed by atoms with Crippen molar-refractivity contribution in [3.8, 4) is 17.2 Å². The van der Waals surface area contributed by atoms with Crippen molar-refractivity contribution < 1.29 is 34.4 Å². The molecule has 0 radical (unpaired) electrons. The van der Waals surface area contributed by atoms with Crippen molar-refractivity contribution in [2.24, 2.45) is 0 Å². The maximum atomic E-state index is 13.2. The number of hydrogen-bond acceptors (Lipinski definition) is 7. The molecule has 0 bridgehead atoms. The van der Waals surface area contributed by atoms with Gasteiger partial charge >= 0.3 is 0 Å². The average molecular weight is 396 g/mol. The molecule has 0 aromatic heterocycles. The van der Waals surface area contributed by atoms with E-state index < -0.39 is 40.4 Å². The van der Waals surface area contributed by atoms with Gasteiger partial charge in [-0.2, -0.15) is 0 Å². The molecule has 4 rings (SSSR count). The summed E-state index contributed by atoms with van der Waals surface area (Å²) in [4.78, 5) is 38.4. The van der Waals surface area contributed by atoms with E-state index in [1.165, 1.54) is 20.1 Å². The van der Waals surface area contributed by atoms with Crippen LogP contribution in [0.3, 0.4) is 0 Å². The zero-order valence-electron chi connectivity index (χ0n) is 16.2. The molecule has 1 unspecified atom stereocenters. The highest BCUT2D eigenvalue weighted by atomic mass is 16.5. The lowest BCUT2D eigenvalue weighted by Crippen LogP contribution is -2.43. The molecule has 7 heteroatoms. The number of methoxy groups -OCH3 is 1. The summed E-state index contributed by atoms with van der Waals surface area (Å²) < 4.78 is 5.22. The van der Waals surface area contributed by atoms with Crippen molar-refractivity contribution >= 4 is 17.3 Å². The van der Waals surface area contributed by atoms with Crippen LogP contribution in [0.1, 0.15) is 69.2 Å². The maximum absolute atomic E-state index is 13.2. The summed E-state index contributed by atoms with van der Waals surface area (Å²) in [5, 5.41) is 32.6. The van der Waals surface area contributed by atoms with E-state index in [0.29, 0.717) is 0 Å². The van der Waals surface area contributed by atoms with Crippen LogP contribution in [-0.4, -0.2) is 45.4 Å². The summed E-state index contributed by atoms with van der Waals surface area (Å²) >= 11 is 0. The van der Waals surface area contributed by atoms with Crippen molar-refractivity contribution in [3.63, 3.8) is 0 Å². The number of Topliss-reactive ketones (excluding diaryl/α,β-unsaturated/α-hetero) is 1. The molecule has 0 saturated carbocycles. The SMILES string of the molecule is COc1cccc2c1C(=O)c1c(O)c3c(c(O)c1C2=O)C[C@@](O)(C(C)=O)CC3C. The van der Waals surface area contributed by atoms with Crippen LogP contribution < -0.4 is 4.74 Å². The second-order valence-electron chi connectivity index (χ2n) is 7.75. The van der Waals surface area contributed by atoms with E-state index in [4.69, 9.17) is 4.74 Å². The summed E-state index contributed by atoms with van der Waals surface area (Å²) in [5.74, 6) is -2.93. The van der Waals surface area contributed by atoms with E-state index in [-0.39, 0.29) is 52.0 Å². The minimum Gasteiger partial charge on any atom is -0.507 e. The lowest BCUT2D eigenvalue weighted by Gasteiger charge is -2.37. The Hall–Kier alpha value is -3.19. The molecule has 0 heterocycles. The third-order valence-electron chi connectivity index (χ3n) is 6.02. The van der Waals surface area contributed by atoms with Gasteiger partial charge in [-0.3, -0.25) is 14.4 Å². The molecule has 0 spiro atoms. The molecule has 2 aromatic carbocycles. The molecular weight excluding hydrogens is 376 g/mol. The highest BCUT2D eigenvalue weighted by Gasteiger charge is 2.46. The fourth-order valence-corrected chi connectivity index (χ4v) is 4.57. The number of benzene rings is 2. The lowest BCUT2D eigenvalue weighted by molar-refractivity contribution is -0.136. The quantitative estimate of drug-likeness (QED) is 0.568. The molecule has 150 valence electrons. The summed E-state index contributed by atoms with van der Waals surface area (Å²) in [6.07, 6.45) is -0.218. The smallest absolute Gasteiger partial charge is 0.202 e. The Labute approximate surface area is 166 Å². The van der Waals surface area contributed by atoms with Gasteiger partial charge in [0.15, 0.2) is 11.6 Å². The van der Waals surface area contributed by atoms with Gasteiger partial charge in [0.25, 0.3) is 0 Å². The van der Waals surface area contributed by atoms with Gasteiger partial charge in [-0.1, -0.05) is 19.1 Å². The average Bonchev–Trinajstić information content (AvgIpc) is 2.67. The van der Waals surface area contributed by atoms with Crippen LogP contribution in [0.25, 0.3) is 0 Å². The normalized spacial score (nSPS) is 22.6. The predicted octanol–water partition coefficient (Wildman–Crippen LogP) is 2.25. The van der Waals surface area contributed by atoms with E-state index in [0.717, 1.165) is 0 Å². The van der Waals surface area contributed by atoms with Crippen LogP contribution in [0.5, 0.6) is 17.2 Å². The molecule has 2 aliphatic carbocycles. The first kappa shape index (κ1) is 19.1. The van der Waals surface area contributed by atoms with E-state index in [1.54, 1.807) is 19.1 Å². The van der Waals surface area contributed by atoms with Gasteiger partial charge < -0.3 is 20.1 Å². The summed E-state index contributed by atoms with van der Waals surface area (Å²) in [5.41, 5.74) is -1.83. The molecule has 2 aliphatic rings. The standard InChI is InChI=1S/C22H20O7/c1-9-7-22(28,10(2)23)8-12-14(9)20(26)17-16(19(12)25)18(24)11-5-4-6-13(29-3)15(11)21(17)27/h4-6,9,25-26,28H,7-8H2,1-3H3/t9?,22-/m1/s1. The first-order valence-electron chi connectivity index (χ1n) is 9.22. The topological polar surface area (TPSA) is 121 Å². The maximum Gasteiger partial charge on any atom is 0.202 e. The van der Waals surface area contributed by atoms with Crippen molar-refractivity contribution in [1.29, 1.82) is 0 Å². The Kier molecular flexibility index (Phi) is 4.06. The number of rotatable bonds is 2. The Morgan fingerprint density at radius 3 is 2.38 bits per heavy atom. The minimum atomic E-state index is -1.71. The number of phenols is 2. The lowest BCUT2D eigenvalue weighted by atomic mass is 9.69. The Bertz CT molecular complexity index is 1110. The minimum absolute atomic E-state index is 0.0309. The molecule has 0 fully saturated rings. The molecule has 2 aromatic rings. The number of carbonyl (C=O) groups is 3. The van der Waals surface area contributed by atoms with Gasteiger partial charge in [0.05, 0.1) is 23.8 Å². The van der Waals surface area contributed by atoms with E-state index in [2.05, 4.69) is 0 Å². The zero-order chi connectivity index (χ0) is 21.2. The van der Waals surface area contributed by atoms with Crippen LogP contribution in [0, 0.1) is 0 Å². The van der Waals surface area contributed by atoms with Gasteiger partial charge in [0.1, 0.15) is 22.8 Å². The van der Waals surface area contributed by atoms with Crippen LogP contribution in [0.4, 0.5) is 0 Å². The molecule has 2 atom stereocenters. The number of carbonyl (C=O) groups excluding carboxylic acids is 3. The molecule has 0 amide bonds. The van der Waals surface area contributed by atoms with Gasteiger partial charge in [0.2, 0.25) is 5.78 Å². The summed E-state index contributed by atoms with van der Waals surface area (Å²) in [6.45, 7) is 2.94. The highest BCUT2D eigenvalue weighted by molar-refractivity contribution is 6.31. The van der Waals surface area contributed by atoms with Crippen molar-refractivity contribution in [1.82, 2.24) is 0 Å². The number of phenolic OH excluding ortho intramolecular Hbond substituents is 2. The van der Waals surface area contributed by atoms with Gasteiger partial charge in [0, 0.05) is 23.1 Å². The van der Waals surface area contributed by atoms with E-state index >= 15 is 0 Å². The number of fused-ring (bicyclic) bond motifs is 3. The first-order chi connectivity index (χ1) is 13.6. The van der Waals surface area contributed by atoms with Crippen molar-refractivity contribution in [2.75, 3.05) is 7.11 Å². The summed E-state index contributed by atoms with van der Waals surface area (Å²) in [6, 6.07) is 4.55. The highest BCUT2D eigenvalue weighted by Crippen LogP contribution is 2.51. The molecule has 3 N–H and O–H groups in total. The fraction of sp³-hybridized carbons (Fsp3) is 0.318. The second-order valence-corrected chi connectivity index (χ2v) is 7.75. The number of ketones is 3. The van der Waals surface area contributed by atoms with Crippen molar-refractivity contribution in [3.05, 3.63) is 51.6 Å². The first-order valence-corrected chi connectivity index (χ1v) is 9.22. The van der Waals surface area contributed by atoms with Crippen LogP contribution in [0.15, 0.2) is 18.2 Å². The van der Waals surface area contributed by atoms with Crippen molar-refractivity contribution in [2.45, 2.75) is 38.2 Å². The number of ether oxygens (including phenoxy) is 1. The van der Waals surface area contributed by atoms with Crippen LogP contribution in [-0.2, 0) is 11.2 Å². The van der Waals surface area contributed by atoms with Crippen LogP contribution in [0.2, 0.25) is 0 Å². The zero-order valence-corrected chi connectivity index (χ0v) is 16.2. The summed E-state index contributed by atoms with van der Waals surface area (Å²) in [7, 11) is 1.37. The Morgan fingerprint density at radius 2 is 1.76 bits per heavy atom. The van der Waals surface area contributed by atoms with E-state index in [9.17, 15) is 29.7 Å². The number of aromatic hydroxyl groups is 2. The Balaban J connectivity index is 2.04. The fourth-order valence-electron chi connectivity index (χ4n) is 4.57. The third kappa shape index (κ3) is 2.43. The van der Waals surface area contributed by atoms with Gasteiger partial charge in [-0.15, -0.1) is 0 Å². The number of hydrogen-bond donors (Lipinski definition) is 3. The predicted molar refractivity (Wildman–Crippen MR) is 102 cm³/mol. The molecule has 29 heavy (non-hydrogen) atoms. The monoisotopic (exact) mass is 396 g/mol. The molecule has 7 nitrogen and oxygen atoms in total. The molecule has 0 aliphatic heterocycles. The molecule has 0 saturated heterocycles. The second kappa shape index (κ2) is 6.15. The number of aliphatic hydroxyl groups is 1. The van der Waals surface area contributed by atoms with Crippen LogP contribution >= 0.6 is 0 Å². The largest absolute Gasteiger partial charge is 0.507 e. The van der Waals surface area contributed by atoms with Gasteiger partial charge in [-0.25, -0.2) is 0 Å². The Morgan fingerprint density at radius 1 is 1.10 bits per heavy atom.